The fourth-order valence-electron chi connectivity index (χ4n) is 4.43. The topological polar surface area (TPSA) is 99.9 Å². The Hall–Kier alpha value is -3.54. The number of aromatic nitrogens is 1. The highest BCUT2D eigenvalue weighted by molar-refractivity contribution is 6.06. The van der Waals surface area contributed by atoms with E-state index in [1.165, 1.54) is 13.2 Å². The third-order valence-corrected chi connectivity index (χ3v) is 6.29. The minimum Gasteiger partial charge on any atom is -0.504 e. The molecule has 166 valence electrons. The summed E-state index contributed by atoms with van der Waals surface area (Å²) in [7, 11) is 1.42. The molecule has 1 aliphatic rings. The van der Waals surface area contributed by atoms with Gasteiger partial charge >= 0.3 is 5.97 Å². The number of allylic oxidation sites excluding steroid dienone is 1. The Balaban J connectivity index is 2.00. The fourth-order valence-corrected chi connectivity index (χ4v) is 4.43. The maximum Gasteiger partial charge on any atom is 0.336 e. The van der Waals surface area contributed by atoms with E-state index in [-0.39, 0.29) is 28.6 Å². The van der Waals surface area contributed by atoms with Crippen LogP contribution in [0.2, 0.25) is 0 Å². The van der Waals surface area contributed by atoms with Crippen LogP contribution in [0.5, 0.6) is 17.2 Å². The lowest BCUT2D eigenvalue weighted by Crippen LogP contribution is -2.28. The van der Waals surface area contributed by atoms with Crippen molar-refractivity contribution in [2.45, 2.75) is 33.6 Å². The summed E-state index contributed by atoms with van der Waals surface area (Å²) in [5.41, 5.74) is 3.83. The molecule has 0 unspecified atom stereocenters. The van der Waals surface area contributed by atoms with Crippen molar-refractivity contribution in [3.05, 3.63) is 58.8 Å². The summed E-state index contributed by atoms with van der Waals surface area (Å²) >= 11 is 0. The Bertz CT molecular complexity index is 1250. The van der Waals surface area contributed by atoms with Gasteiger partial charge in [0, 0.05) is 5.39 Å². The van der Waals surface area contributed by atoms with E-state index in [1.54, 1.807) is 12.1 Å². The Morgan fingerprint density at radius 2 is 1.88 bits per heavy atom. The van der Waals surface area contributed by atoms with Crippen LogP contribution in [0, 0.1) is 11.3 Å². The second-order valence-corrected chi connectivity index (χ2v) is 9.37. The second kappa shape index (κ2) is 7.86. The number of phenolic OH excluding ortho intramolecular Hbond substituents is 2. The number of methoxy groups -OCH3 is 1. The van der Waals surface area contributed by atoms with Crippen LogP contribution in [-0.2, 0) is 6.42 Å². The highest BCUT2D eigenvalue weighted by Crippen LogP contribution is 2.45. The average molecular weight is 434 g/mol. The summed E-state index contributed by atoms with van der Waals surface area (Å²) in [6, 6.07) is 10.4. The third kappa shape index (κ3) is 3.77. The van der Waals surface area contributed by atoms with Gasteiger partial charge in [-0.15, -0.1) is 0 Å². The molecule has 1 heterocycles. The molecule has 0 fully saturated rings. The smallest absolute Gasteiger partial charge is 0.336 e. The number of para-hydroxylation sites is 1. The average Bonchev–Trinajstić information content (AvgIpc) is 2.73. The van der Waals surface area contributed by atoms with Gasteiger partial charge in [-0.05, 0) is 65.1 Å². The molecule has 2 aromatic carbocycles. The number of carboxylic acid groups (broad SMARTS) is 1. The quantitative estimate of drug-likeness (QED) is 0.472. The molecule has 6 heteroatoms. The van der Waals surface area contributed by atoms with Gasteiger partial charge in [-0.2, -0.15) is 0 Å². The summed E-state index contributed by atoms with van der Waals surface area (Å²) in [5, 5.41) is 30.9. The minimum absolute atomic E-state index is 0.0486. The van der Waals surface area contributed by atoms with Crippen molar-refractivity contribution < 1.29 is 24.9 Å². The predicted octanol–water partition coefficient (Wildman–Crippen LogP) is 5.50. The molecule has 0 spiro atoms. The summed E-state index contributed by atoms with van der Waals surface area (Å²) in [5.74, 6) is -1.19. The Morgan fingerprint density at radius 1 is 1.16 bits per heavy atom. The van der Waals surface area contributed by atoms with Crippen molar-refractivity contribution in [3.8, 4) is 17.2 Å². The van der Waals surface area contributed by atoms with Crippen LogP contribution in [0.1, 0.15) is 54.4 Å². The molecule has 4 rings (SSSR count). The normalized spacial score (nSPS) is 17.4. The molecule has 0 amide bonds. The van der Waals surface area contributed by atoms with Gasteiger partial charge in [0.15, 0.2) is 11.5 Å². The van der Waals surface area contributed by atoms with Gasteiger partial charge in [0.25, 0.3) is 0 Å². The van der Waals surface area contributed by atoms with Gasteiger partial charge in [-0.1, -0.05) is 39.0 Å². The van der Waals surface area contributed by atoms with Crippen LogP contribution in [0.4, 0.5) is 0 Å². The number of phenols is 2. The maximum atomic E-state index is 12.3. The third-order valence-electron chi connectivity index (χ3n) is 6.29. The minimum atomic E-state index is -0.960. The molecule has 0 saturated heterocycles. The summed E-state index contributed by atoms with van der Waals surface area (Å²) in [6.45, 7) is 6.47. The number of hydrogen-bond acceptors (Lipinski definition) is 5. The number of aromatic hydroxyl groups is 2. The number of benzene rings is 2. The second-order valence-electron chi connectivity index (χ2n) is 9.37. The number of carbonyl (C=O) groups is 1. The number of rotatable bonds is 3. The lowest BCUT2D eigenvalue weighted by Gasteiger charge is -2.36. The molecule has 6 nitrogen and oxygen atoms in total. The molecule has 1 aliphatic carbocycles. The SMILES string of the molecule is COc1cc(/C=C2/C[C@H](C(C)(C)C)Cc3c2nc2ccccc2c3C(=O)O)cc(O)c1O. The number of nitrogens with zero attached hydrogens (tertiary/aromatic N) is 1. The number of aromatic carboxylic acids is 1. The van der Waals surface area contributed by atoms with E-state index in [0.29, 0.717) is 40.6 Å². The molecule has 3 N–H and O–H groups in total. The van der Waals surface area contributed by atoms with E-state index in [4.69, 9.17) is 9.72 Å². The summed E-state index contributed by atoms with van der Waals surface area (Å²) in [4.78, 5) is 17.2. The predicted molar refractivity (Wildman–Crippen MR) is 124 cm³/mol. The molecule has 1 atom stereocenters. The van der Waals surface area contributed by atoms with Crippen LogP contribution in [0.3, 0.4) is 0 Å². The first-order valence-electron chi connectivity index (χ1n) is 10.6. The van der Waals surface area contributed by atoms with Crippen molar-refractivity contribution in [3.63, 3.8) is 0 Å². The first kappa shape index (κ1) is 21.7. The zero-order valence-corrected chi connectivity index (χ0v) is 18.6. The van der Waals surface area contributed by atoms with Gasteiger partial charge in [0.2, 0.25) is 5.75 Å². The molecular formula is C26H27NO5. The Morgan fingerprint density at radius 3 is 2.53 bits per heavy atom. The van der Waals surface area contributed by atoms with E-state index in [2.05, 4.69) is 20.8 Å². The van der Waals surface area contributed by atoms with Crippen molar-refractivity contribution in [2.24, 2.45) is 11.3 Å². The van der Waals surface area contributed by atoms with E-state index in [1.807, 2.05) is 24.3 Å². The van der Waals surface area contributed by atoms with Crippen LogP contribution >= 0.6 is 0 Å². The molecule has 0 saturated carbocycles. The number of pyridine rings is 1. The van der Waals surface area contributed by atoms with Crippen LogP contribution in [-0.4, -0.2) is 33.4 Å². The highest BCUT2D eigenvalue weighted by Gasteiger charge is 2.35. The highest BCUT2D eigenvalue weighted by atomic mass is 16.5. The molecule has 3 aromatic rings. The number of fused-ring (bicyclic) bond motifs is 2. The summed E-state index contributed by atoms with van der Waals surface area (Å²) in [6.07, 6.45) is 3.23. The van der Waals surface area contributed by atoms with Crippen molar-refractivity contribution >= 4 is 28.5 Å². The summed E-state index contributed by atoms with van der Waals surface area (Å²) < 4.78 is 5.18. The zero-order chi connectivity index (χ0) is 23.2. The van der Waals surface area contributed by atoms with Crippen molar-refractivity contribution in [2.75, 3.05) is 7.11 Å². The number of ether oxygens (including phenoxy) is 1. The fraction of sp³-hybridized carbons (Fsp3) is 0.308. The zero-order valence-electron chi connectivity index (χ0n) is 18.6. The van der Waals surface area contributed by atoms with Gasteiger partial charge in [0.1, 0.15) is 0 Å². The molecular weight excluding hydrogens is 406 g/mol. The van der Waals surface area contributed by atoms with E-state index < -0.39 is 5.97 Å². The van der Waals surface area contributed by atoms with E-state index >= 15 is 0 Å². The number of carboxylic acids is 1. The van der Waals surface area contributed by atoms with Crippen molar-refractivity contribution in [1.82, 2.24) is 4.98 Å². The number of hydrogen-bond donors (Lipinski definition) is 3. The monoisotopic (exact) mass is 433 g/mol. The maximum absolute atomic E-state index is 12.3. The molecule has 32 heavy (non-hydrogen) atoms. The van der Waals surface area contributed by atoms with Crippen LogP contribution < -0.4 is 4.74 Å². The molecule has 0 aliphatic heterocycles. The first-order chi connectivity index (χ1) is 15.1. The van der Waals surface area contributed by atoms with E-state index in [9.17, 15) is 20.1 Å². The van der Waals surface area contributed by atoms with Crippen LogP contribution in [0.25, 0.3) is 22.6 Å². The lowest BCUT2D eigenvalue weighted by molar-refractivity contribution is 0.0696. The van der Waals surface area contributed by atoms with E-state index in [0.717, 1.165) is 11.1 Å². The van der Waals surface area contributed by atoms with Gasteiger partial charge in [-0.25, -0.2) is 9.78 Å². The van der Waals surface area contributed by atoms with Gasteiger partial charge in [-0.3, -0.25) is 0 Å². The van der Waals surface area contributed by atoms with Gasteiger partial charge < -0.3 is 20.1 Å². The Kier molecular flexibility index (Phi) is 5.33. The Labute approximate surface area is 186 Å². The van der Waals surface area contributed by atoms with Crippen LogP contribution in [0.15, 0.2) is 36.4 Å². The largest absolute Gasteiger partial charge is 0.504 e. The molecule has 0 radical (unpaired) electrons. The standard InChI is InChI=1S/C26H27NO5/c1-26(2,3)16-12-15(9-14-10-20(28)24(29)21(11-14)32-4)23-18(13-16)22(25(30)31)17-7-5-6-8-19(17)27-23/h5-11,16,28-29H,12-13H2,1-4H3,(H,30,31)/b15-9-/t16-/m0/s1. The lowest BCUT2D eigenvalue weighted by atomic mass is 9.69. The van der Waals surface area contributed by atoms with Crippen molar-refractivity contribution in [1.29, 1.82) is 0 Å². The molecule has 1 aromatic heterocycles. The molecule has 0 bridgehead atoms. The van der Waals surface area contributed by atoms with Gasteiger partial charge in [0.05, 0.1) is 23.9 Å². The first-order valence-corrected chi connectivity index (χ1v) is 10.6.